The van der Waals surface area contributed by atoms with E-state index in [1.165, 1.54) is 5.56 Å². The van der Waals surface area contributed by atoms with E-state index < -0.39 is 9.84 Å². The second-order valence-electron chi connectivity index (χ2n) is 8.54. The summed E-state index contributed by atoms with van der Waals surface area (Å²) in [5.74, 6) is 0.372. The number of amides is 1. The lowest BCUT2D eigenvalue weighted by Gasteiger charge is -2.26. The van der Waals surface area contributed by atoms with Crippen molar-refractivity contribution in [2.75, 3.05) is 37.7 Å². The Labute approximate surface area is 197 Å². The van der Waals surface area contributed by atoms with Crippen molar-refractivity contribution in [1.29, 1.82) is 0 Å². The maximum atomic E-state index is 12.6. The highest BCUT2D eigenvalue weighted by molar-refractivity contribution is 7.91. The Morgan fingerprint density at radius 1 is 1.15 bits per heavy atom. The lowest BCUT2D eigenvalue weighted by molar-refractivity contribution is 0.0952. The quantitative estimate of drug-likeness (QED) is 0.426. The summed E-state index contributed by atoms with van der Waals surface area (Å²) in [6.07, 6.45) is 2.84. The molecule has 1 aliphatic rings. The van der Waals surface area contributed by atoms with Crippen LogP contribution in [-0.2, 0) is 9.84 Å². The van der Waals surface area contributed by atoms with Gasteiger partial charge in [0.25, 0.3) is 5.91 Å². The first-order valence-corrected chi connectivity index (χ1v) is 13.7. The Morgan fingerprint density at radius 2 is 1.97 bits per heavy atom. The fourth-order valence-corrected chi connectivity index (χ4v) is 6.49. The number of carbonyl (C=O) groups is 1. The smallest absolute Gasteiger partial charge is 0.251 e. The number of sulfone groups is 1. The van der Waals surface area contributed by atoms with Gasteiger partial charge in [-0.05, 0) is 44.2 Å². The minimum Gasteiger partial charge on any atom is -0.352 e. The molecular formula is C24H26N4O3S2. The molecule has 0 atom stereocenters. The predicted octanol–water partition coefficient (Wildman–Crippen LogP) is 3.37. The fourth-order valence-electron chi connectivity index (χ4n) is 4.17. The number of rotatable bonds is 6. The van der Waals surface area contributed by atoms with Gasteiger partial charge >= 0.3 is 0 Å². The second-order valence-corrected chi connectivity index (χ2v) is 11.8. The first-order valence-electron chi connectivity index (χ1n) is 11.1. The largest absolute Gasteiger partial charge is 0.352 e. The van der Waals surface area contributed by atoms with E-state index in [0.29, 0.717) is 25.2 Å². The van der Waals surface area contributed by atoms with Gasteiger partial charge in [0.2, 0.25) is 0 Å². The van der Waals surface area contributed by atoms with Gasteiger partial charge < -0.3 is 10.2 Å². The Bertz CT molecular complexity index is 1420. The van der Waals surface area contributed by atoms with Crippen molar-refractivity contribution in [1.82, 2.24) is 19.6 Å². The zero-order chi connectivity index (χ0) is 23.0. The highest BCUT2D eigenvalue weighted by Gasteiger charge is 2.21. The molecule has 7 nitrogen and oxygen atoms in total. The van der Waals surface area contributed by atoms with Gasteiger partial charge in [0.1, 0.15) is 0 Å². The number of imidazole rings is 1. The van der Waals surface area contributed by atoms with Gasteiger partial charge in [-0.15, -0.1) is 0 Å². The Hall–Kier alpha value is -2.75. The number of carbonyl (C=O) groups excluding carboxylic acids is 1. The van der Waals surface area contributed by atoms with E-state index in [1.54, 1.807) is 11.3 Å². The number of nitrogens with zero attached hydrogens (tertiary/aromatic N) is 3. The molecule has 0 radical (unpaired) electrons. The van der Waals surface area contributed by atoms with Crippen molar-refractivity contribution >= 4 is 42.3 Å². The van der Waals surface area contributed by atoms with Crippen LogP contribution in [0, 0.1) is 6.92 Å². The Morgan fingerprint density at radius 3 is 2.76 bits per heavy atom. The van der Waals surface area contributed by atoms with Gasteiger partial charge in [-0.3, -0.25) is 9.20 Å². The molecule has 0 spiro atoms. The van der Waals surface area contributed by atoms with Crippen LogP contribution in [0.5, 0.6) is 0 Å². The number of aryl methyl sites for hydroxylation is 1. The normalized spacial score (nSPS) is 16.4. The molecule has 0 unspecified atom stereocenters. The van der Waals surface area contributed by atoms with Crippen molar-refractivity contribution < 1.29 is 13.2 Å². The first kappa shape index (κ1) is 22.1. The average molecular weight is 483 g/mol. The van der Waals surface area contributed by atoms with Crippen LogP contribution < -0.4 is 5.32 Å². The summed E-state index contributed by atoms with van der Waals surface area (Å²) in [6, 6.07) is 14.1. The molecule has 4 aromatic rings. The average Bonchev–Trinajstić information content (AvgIpc) is 3.35. The molecule has 9 heteroatoms. The summed E-state index contributed by atoms with van der Waals surface area (Å²) in [7, 11) is -2.85. The molecule has 33 heavy (non-hydrogen) atoms. The number of nitrogens with one attached hydrogen (secondary N) is 1. The molecule has 1 N–H and O–H groups in total. The molecule has 3 heterocycles. The monoisotopic (exact) mass is 482 g/mol. The van der Waals surface area contributed by atoms with Gasteiger partial charge in [-0.25, -0.2) is 13.4 Å². The fraction of sp³-hybridized carbons (Fsp3) is 0.333. The topological polar surface area (TPSA) is 83.8 Å². The van der Waals surface area contributed by atoms with E-state index in [9.17, 15) is 13.2 Å². The van der Waals surface area contributed by atoms with Crippen LogP contribution in [-0.4, -0.2) is 66.3 Å². The number of fused-ring (bicyclic) bond motifs is 3. The Balaban J connectivity index is 1.22. The van der Waals surface area contributed by atoms with Crippen LogP contribution in [0.25, 0.3) is 26.4 Å². The third-order valence-corrected chi connectivity index (χ3v) is 8.67. The Kier molecular flexibility index (Phi) is 5.94. The molecule has 2 aromatic heterocycles. The number of hydrogen-bond donors (Lipinski definition) is 1. The standard InChI is InChI=1S/C24H26N4O3S2/c1-17-4-2-5-18(14-17)20-16-28-21-7-6-19(15-22(21)32-24(28)26-20)23(29)25-8-3-9-27-10-12-33(30,31)13-11-27/h2,4-7,14-16H,3,8-13H2,1H3,(H,25,29). The summed E-state index contributed by atoms with van der Waals surface area (Å²) in [4.78, 5) is 20.5. The molecule has 1 aliphatic heterocycles. The first-order chi connectivity index (χ1) is 15.9. The van der Waals surface area contributed by atoms with Crippen LogP contribution in [0.3, 0.4) is 0 Å². The molecule has 172 valence electrons. The minimum atomic E-state index is -2.85. The van der Waals surface area contributed by atoms with Gasteiger partial charge in [-0.2, -0.15) is 0 Å². The zero-order valence-corrected chi connectivity index (χ0v) is 20.1. The van der Waals surface area contributed by atoms with E-state index >= 15 is 0 Å². The lowest BCUT2D eigenvalue weighted by Crippen LogP contribution is -2.41. The molecule has 1 fully saturated rings. The maximum absolute atomic E-state index is 12.6. The van der Waals surface area contributed by atoms with Gasteiger partial charge in [0, 0.05) is 37.0 Å². The zero-order valence-electron chi connectivity index (χ0n) is 18.5. The van der Waals surface area contributed by atoms with Crippen LogP contribution in [0.2, 0.25) is 0 Å². The van der Waals surface area contributed by atoms with Crippen molar-refractivity contribution in [3.8, 4) is 11.3 Å². The molecular weight excluding hydrogens is 456 g/mol. The maximum Gasteiger partial charge on any atom is 0.251 e. The van der Waals surface area contributed by atoms with E-state index in [0.717, 1.165) is 39.4 Å². The van der Waals surface area contributed by atoms with Gasteiger partial charge in [-0.1, -0.05) is 35.1 Å². The molecule has 0 saturated carbocycles. The SMILES string of the molecule is Cc1cccc(-c2cn3c(n2)sc2cc(C(=O)NCCCN4CCS(=O)(=O)CC4)ccc23)c1. The summed E-state index contributed by atoms with van der Waals surface area (Å²) in [5, 5.41) is 2.98. The number of hydrogen-bond acceptors (Lipinski definition) is 6. The summed E-state index contributed by atoms with van der Waals surface area (Å²) >= 11 is 1.58. The van der Waals surface area contributed by atoms with Crippen molar-refractivity contribution in [3.63, 3.8) is 0 Å². The number of benzene rings is 2. The van der Waals surface area contributed by atoms with E-state index in [-0.39, 0.29) is 17.4 Å². The highest BCUT2D eigenvalue weighted by atomic mass is 32.2. The lowest BCUT2D eigenvalue weighted by atomic mass is 10.1. The third kappa shape index (κ3) is 4.80. The van der Waals surface area contributed by atoms with Crippen LogP contribution in [0.15, 0.2) is 48.7 Å². The van der Waals surface area contributed by atoms with Crippen molar-refractivity contribution in [2.45, 2.75) is 13.3 Å². The molecule has 0 aliphatic carbocycles. The van der Waals surface area contributed by atoms with Crippen LogP contribution >= 0.6 is 11.3 Å². The van der Waals surface area contributed by atoms with E-state index in [2.05, 4.69) is 45.9 Å². The number of aromatic nitrogens is 2. The van der Waals surface area contributed by atoms with E-state index in [1.807, 2.05) is 24.3 Å². The highest BCUT2D eigenvalue weighted by Crippen LogP contribution is 2.30. The van der Waals surface area contributed by atoms with Gasteiger partial charge in [0.05, 0.1) is 27.4 Å². The second kappa shape index (κ2) is 8.89. The number of thiazole rings is 1. The predicted molar refractivity (Wildman–Crippen MR) is 133 cm³/mol. The minimum absolute atomic E-state index is 0.0930. The third-order valence-electron chi connectivity index (χ3n) is 6.04. The molecule has 0 bridgehead atoms. The summed E-state index contributed by atoms with van der Waals surface area (Å²) < 4.78 is 26.1. The van der Waals surface area contributed by atoms with Crippen LogP contribution in [0.4, 0.5) is 0 Å². The van der Waals surface area contributed by atoms with E-state index in [4.69, 9.17) is 4.98 Å². The van der Waals surface area contributed by atoms with Crippen LogP contribution in [0.1, 0.15) is 22.3 Å². The molecule has 2 aromatic carbocycles. The summed E-state index contributed by atoms with van der Waals surface area (Å²) in [5.41, 5.74) is 4.92. The van der Waals surface area contributed by atoms with Crippen molar-refractivity contribution in [3.05, 3.63) is 59.8 Å². The molecule has 1 saturated heterocycles. The molecule has 5 rings (SSSR count). The molecule has 1 amide bonds. The van der Waals surface area contributed by atoms with Gasteiger partial charge in [0.15, 0.2) is 14.8 Å². The van der Waals surface area contributed by atoms with Crippen molar-refractivity contribution in [2.24, 2.45) is 0 Å². The summed E-state index contributed by atoms with van der Waals surface area (Å²) in [6.45, 7) is 4.59.